The molecule has 2 aromatic rings. The number of carbonyl (C=O) groups is 1. The van der Waals surface area contributed by atoms with Crippen LogP contribution in [0.4, 0.5) is 5.69 Å². The molecule has 1 aliphatic rings. The van der Waals surface area contributed by atoms with Crippen LogP contribution in [0, 0.1) is 5.92 Å². The van der Waals surface area contributed by atoms with Crippen molar-refractivity contribution in [2.24, 2.45) is 5.92 Å². The lowest BCUT2D eigenvalue weighted by Gasteiger charge is -2.38. The van der Waals surface area contributed by atoms with Crippen molar-refractivity contribution in [2.75, 3.05) is 25.1 Å². The molecule has 0 spiro atoms. The number of rotatable bonds is 6. The number of anilines is 1. The Bertz CT molecular complexity index is 741. The predicted octanol–water partition coefficient (Wildman–Crippen LogP) is 2.51. The van der Waals surface area contributed by atoms with Crippen LogP contribution in [0.15, 0.2) is 28.8 Å². The predicted molar refractivity (Wildman–Crippen MR) is 98.1 cm³/mol. The number of piperazine rings is 1. The number of hydrogen-bond donors (Lipinski definition) is 0. The molecule has 1 aromatic heterocycles. The van der Waals surface area contributed by atoms with Gasteiger partial charge in [0.2, 0.25) is 11.8 Å². The number of hydrogen-bond acceptors (Lipinski definition) is 6. The summed E-state index contributed by atoms with van der Waals surface area (Å²) in [5, 5.41) is 4.05. The van der Waals surface area contributed by atoms with Gasteiger partial charge in [0.1, 0.15) is 5.75 Å². The van der Waals surface area contributed by atoms with E-state index in [2.05, 4.69) is 28.9 Å². The highest BCUT2D eigenvalue weighted by Gasteiger charge is 2.33. The zero-order valence-electron chi connectivity index (χ0n) is 15.8. The average Bonchev–Trinajstić information content (AvgIpc) is 3.05. The van der Waals surface area contributed by atoms with Crippen molar-refractivity contribution in [3.05, 3.63) is 36.0 Å². The topological polar surface area (TPSA) is 71.7 Å². The highest BCUT2D eigenvalue weighted by Crippen LogP contribution is 2.23. The molecule has 26 heavy (non-hydrogen) atoms. The maximum Gasteiger partial charge on any atom is 0.244 e. The summed E-state index contributed by atoms with van der Waals surface area (Å²) < 4.78 is 10.5. The van der Waals surface area contributed by atoms with E-state index in [-0.39, 0.29) is 11.9 Å². The van der Waals surface area contributed by atoms with Gasteiger partial charge in [-0.25, -0.2) is 0 Å². The van der Waals surface area contributed by atoms with E-state index in [0.717, 1.165) is 24.4 Å². The maximum absolute atomic E-state index is 12.8. The van der Waals surface area contributed by atoms with Crippen LogP contribution in [-0.2, 0) is 17.8 Å². The second-order valence-electron chi connectivity index (χ2n) is 7.04. The molecule has 0 N–H and O–H groups in total. The number of benzene rings is 1. The summed E-state index contributed by atoms with van der Waals surface area (Å²) in [5.41, 5.74) is 0.890. The van der Waals surface area contributed by atoms with Crippen molar-refractivity contribution in [3.63, 3.8) is 0 Å². The Labute approximate surface area is 153 Å². The van der Waals surface area contributed by atoms with Crippen LogP contribution in [0.25, 0.3) is 0 Å². The molecule has 0 bridgehead atoms. The van der Waals surface area contributed by atoms with Crippen molar-refractivity contribution in [2.45, 2.75) is 39.8 Å². The zero-order valence-corrected chi connectivity index (χ0v) is 15.8. The van der Waals surface area contributed by atoms with Gasteiger partial charge in [0, 0.05) is 25.2 Å². The fraction of sp³-hybridized carbons (Fsp3) is 0.526. The summed E-state index contributed by atoms with van der Waals surface area (Å²) in [6.45, 7) is 8.06. The molecule has 140 valence electrons. The van der Waals surface area contributed by atoms with Gasteiger partial charge in [-0.15, -0.1) is 0 Å². The molecule has 7 nitrogen and oxygen atoms in total. The highest BCUT2D eigenvalue weighted by atomic mass is 16.5. The SMILES string of the molecule is COc1ccc(N2CCN(Cc3noc(CC(C)C)n3)[C@@H](C)C2=O)cc1. The third-order valence-corrected chi connectivity index (χ3v) is 4.60. The molecule has 0 unspecified atom stereocenters. The number of methoxy groups -OCH3 is 1. The molecule has 7 heteroatoms. The van der Waals surface area contributed by atoms with Gasteiger partial charge >= 0.3 is 0 Å². The second-order valence-corrected chi connectivity index (χ2v) is 7.04. The lowest BCUT2D eigenvalue weighted by molar-refractivity contribution is -0.125. The highest BCUT2D eigenvalue weighted by molar-refractivity contribution is 5.97. The molecular formula is C19H26N4O3. The fourth-order valence-electron chi connectivity index (χ4n) is 3.12. The quantitative estimate of drug-likeness (QED) is 0.790. The molecular weight excluding hydrogens is 332 g/mol. The molecule has 1 fully saturated rings. The molecule has 1 saturated heterocycles. The standard InChI is InChI=1S/C19H26N4O3/c1-13(2)11-18-20-17(21-26-18)12-22-9-10-23(19(24)14(22)3)15-5-7-16(25-4)8-6-15/h5-8,13-14H,9-12H2,1-4H3/t14-/m0/s1. The molecule has 1 aliphatic heterocycles. The van der Waals surface area contributed by atoms with Crippen molar-refractivity contribution in [1.82, 2.24) is 15.0 Å². The van der Waals surface area contributed by atoms with E-state index in [9.17, 15) is 4.79 Å². The third-order valence-electron chi connectivity index (χ3n) is 4.60. The Morgan fingerprint density at radius 2 is 2.00 bits per heavy atom. The molecule has 2 heterocycles. The molecule has 1 atom stereocenters. The Hall–Kier alpha value is -2.41. The lowest BCUT2D eigenvalue weighted by Crippen LogP contribution is -2.55. The first-order valence-corrected chi connectivity index (χ1v) is 8.99. The first kappa shape index (κ1) is 18.4. The molecule has 0 aliphatic carbocycles. The van der Waals surface area contributed by atoms with Gasteiger partial charge in [0.15, 0.2) is 5.82 Å². The van der Waals surface area contributed by atoms with Crippen LogP contribution in [0.5, 0.6) is 5.75 Å². The number of carbonyl (C=O) groups excluding carboxylic acids is 1. The minimum Gasteiger partial charge on any atom is -0.497 e. The second kappa shape index (κ2) is 7.86. The smallest absolute Gasteiger partial charge is 0.244 e. The van der Waals surface area contributed by atoms with E-state index in [1.165, 1.54) is 0 Å². The van der Waals surface area contributed by atoms with Gasteiger partial charge in [-0.3, -0.25) is 9.69 Å². The molecule has 1 amide bonds. The first-order chi connectivity index (χ1) is 12.5. The normalized spacial score (nSPS) is 18.6. The van der Waals surface area contributed by atoms with Crippen LogP contribution in [0.2, 0.25) is 0 Å². The van der Waals surface area contributed by atoms with E-state index in [0.29, 0.717) is 30.7 Å². The molecule has 0 saturated carbocycles. The van der Waals surface area contributed by atoms with E-state index >= 15 is 0 Å². The summed E-state index contributed by atoms with van der Waals surface area (Å²) in [6.07, 6.45) is 0.771. The van der Waals surface area contributed by atoms with Gasteiger partial charge in [0.25, 0.3) is 0 Å². The van der Waals surface area contributed by atoms with Gasteiger partial charge < -0.3 is 14.2 Å². The summed E-state index contributed by atoms with van der Waals surface area (Å²) in [5.74, 6) is 2.62. The monoisotopic (exact) mass is 358 g/mol. The Kier molecular flexibility index (Phi) is 5.56. The zero-order chi connectivity index (χ0) is 18.7. The summed E-state index contributed by atoms with van der Waals surface area (Å²) in [7, 11) is 1.63. The van der Waals surface area contributed by atoms with Crippen molar-refractivity contribution in [3.8, 4) is 5.75 Å². The number of nitrogens with zero attached hydrogens (tertiary/aromatic N) is 4. The van der Waals surface area contributed by atoms with Gasteiger partial charge in [0.05, 0.1) is 19.7 Å². The number of ether oxygens (including phenoxy) is 1. The van der Waals surface area contributed by atoms with E-state index in [1.54, 1.807) is 7.11 Å². The van der Waals surface area contributed by atoms with Crippen LogP contribution in [0.1, 0.15) is 32.5 Å². The van der Waals surface area contributed by atoms with E-state index in [4.69, 9.17) is 9.26 Å². The van der Waals surface area contributed by atoms with Crippen LogP contribution in [0.3, 0.4) is 0 Å². The third kappa shape index (κ3) is 4.04. The van der Waals surface area contributed by atoms with E-state index < -0.39 is 0 Å². The molecule has 1 aromatic carbocycles. The van der Waals surface area contributed by atoms with Crippen molar-refractivity contribution >= 4 is 11.6 Å². The van der Waals surface area contributed by atoms with Crippen molar-refractivity contribution < 1.29 is 14.1 Å². The van der Waals surface area contributed by atoms with Gasteiger partial charge in [-0.1, -0.05) is 19.0 Å². The Morgan fingerprint density at radius 3 is 2.65 bits per heavy atom. The fourth-order valence-corrected chi connectivity index (χ4v) is 3.12. The van der Waals surface area contributed by atoms with Crippen LogP contribution < -0.4 is 9.64 Å². The summed E-state index contributed by atoms with van der Waals surface area (Å²) in [6, 6.07) is 7.33. The van der Waals surface area contributed by atoms with Gasteiger partial charge in [-0.05, 0) is 37.1 Å². The van der Waals surface area contributed by atoms with Gasteiger partial charge in [-0.2, -0.15) is 4.98 Å². The first-order valence-electron chi connectivity index (χ1n) is 8.99. The minimum atomic E-state index is -0.238. The molecule has 3 rings (SSSR count). The lowest BCUT2D eigenvalue weighted by atomic mass is 10.1. The van der Waals surface area contributed by atoms with E-state index in [1.807, 2.05) is 36.1 Å². The van der Waals surface area contributed by atoms with Crippen molar-refractivity contribution in [1.29, 1.82) is 0 Å². The summed E-state index contributed by atoms with van der Waals surface area (Å²) in [4.78, 5) is 21.2. The van der Waals surface area contributed by atoms with Crippen LogP contribution >= 0.6 is 0 Å². The molecule has 0 radical (unpaired) electrons. The van der Waals surface area contributed by atoms with Crippen LogP contribution in [-0.4, -0.2) is 47.2 Å². The maximum atomic E-state index is 12.8. The number of aromatic nitrogens is 2. The largest absolute Gasteiger partial charge is 0.497 e. The minimum absolute atomic E-state index is 0.0762. The average molecular weight is 358 g/mol. The Balaban J connectivity index is 1.64. The number of amides is 1. The Morgan fingerprint density at radius 1 is 1.27 bits per heavy atom. The summed E-state index contributed by atoms with van der Waals surface area (Å²) >= 11 is 0.